The molecule has 2 heterocycles. The van der Waals surface area contributed by atoms with Crippen molar-refractivity contribution in [1.29, 1.82) is 0 Å². The highest BCUT2D eigenvalue weighted by atomic mass is 31.2. The monoisotopic (exact) mass is 571 g/mol. The van der Waals surface area contributed by atoms with Crippen molar-refractivity contribution in [2.24, 2.45) is 0 Å². The van der Waals surface area contributed by atoms with E-state index in [0.29, 0.717) is 12.4 Å². The molecule has 3 rings (SSSR count). The molecule has 0 amide bonds. The number of halogens is 5. The number of hydrogen-bond donors (Lipinski definition) is 2. The van der Waals surface area contributed by atoms with Crippen LogP contribution in [0.25, 0.3) is 0 Å². The van der Waals surface area contributed by atoms with Crippen LogP contribution in [0.4, 0.5) is 22.0 Å². The minimum absolute atomic E-state index is 0.00517. The number of aromatic nitrogens is 2. The van der Waals surface area contributed by atoms with Crippen LogP contribution in [0.2, 0.25) is 0 Å². The first-order valence-electron chi connectivity index (χ1n) is 11.1. The number of ether oxygens (including phenoxy) is 2. The lowest BCUT2D eigenvalue weighted by Gasteiger charge is -2.29. The quantitative estimate of drug-likeness (QED) is 0.239. The Balaban J connectivity index is 0.000000926. The summed E-state index contributed by atoms with van der Waals surface area (Å²) in [5, 5.41) is 2.50. The molecule has 38 heavy (non-hydrogen) atoms. The maximum atomic E-state index is 14.7. The van der Waals surface area contributed by atoms with Crippen LogP contribution in [-0.4, -0.2) is 60.2 Å². The molecule has 2 aromatic rings. The smallest absolute Gasteiger partial charge is 0.330 e. The van der Waals surface area contributed by atoms with Crippen molar-refractivity contribution in [2.75, 3.05) is 20.3 Å². The van der Waals surface area contributed by atoms with E-state index in [0.717, 1.165) is 0 Å². The number of methoxy groups -OCH3 is 1. The lowest BCUT2D eigenvalue weighted by molar-refractivity contribution is -0.181. The predicted molar refractivity (Wildman–Crippen MR) is 126 cm³/mol. The fourth-order valence-corrected chi connectivity index (χ4v) is 4.05. The van der Waals surface area contributed by atoms with Gasteiger partial charge in [-0.05, 0) is 26.0 Å². The van der Waals surface area contributed by atoms with Gasteiger partial charge in [0.2, 0.25) is 12.0 Å². The van der Waals surface area contributed by atoms with Crippen molar-refractivity contribution in [3.05, 3.63) is 63.2 Å². The van der Waals surface area contributed by atoms with Gasteiger partial charge in [-0.25, -0.2) is 27.4 Å². The maximum Gasteiger partial charge on any atom is 0.330 e. The first kappa shape index (κ1) is 31.5. The molecule has 1 aromatic carbocycles. The average molecular weight is 571 g/mol. The molecule has 0 aliphatic carbocycles. The number of benzene rings is 1. The van der Waals surface area contributed by atoms with E-state index in [2.05, 4.69) is 5.09 Å². The zero-order valence-corrected chi connectivity index (χ0v) is 21.4. The Bertz CT molecular complexity index is 1150. The van der Waals surface area contributed by atoms with E-state index in [1.807, 2.05) is 13.8 Å². The number of nitrogens with one attached hydrogen (secondary N) is 2. The number of aldehydes is 1. The van der Waals surface area contributed by atoms with E-state index in [4.69, 9.17) is 18.5 Å². The van der Waals surface area contributed by atoms with Crippen LogP contribution in [0.3, 0.4) is 0 Å². The molecular weight excluding hydrogens is 544 g/mol. The molecule has 212 valence electrons. The molecule has 1 saturated heterocycles. The summed E-state index contributed by atoms with van der Waals surface area (Å²) < 4.78 is 91.1. The van der Waals surface area contributed by atoms with Crippen molar-refractivity contribution in [3.63, 3.8) is 0 Å². The van der Waals surface area contributed by atoms with Gasteiger partial charge in [0, 0.05) is 7.11 Å². The molecule has 2 N–H and O–H groups in total. The molecule has 3 unspecified atom stereocenters. The highest BCUT2D eigenvalue weighted by Crippen LogP contribution is 2.51. The predicted octanol–water partition coefficient (Wildman–Crippen LogP) is 3.39. The number of alkyl halides is 4. The topological polar surface area (TPSA) is 121 Å². The molecule has 0 spiro atoms. The highest BCUT2D eigenvalue weighted by Gasteiger charge is 2.63. The third-order valence-corrected chi connectivity index (χ3v) is 6.13. The van der Waals surface area contributed by atoms with Crippen LogP contribution in [0.1, 0.15) is 26.5 Å². The van der Waals surface area contributed by atoms with Gasteiger partial charge in [-0.3, -0.25) is 14.3 Å². The van der Waals surface area contributed by atoms with Gasteiger partial charge in [-0.2, -0.15) is 4.39 Å². The molecule has 0 saturated carbocycles. The van der Waals surface area contributed by atoms with Crippen LogP contribution < -0.4 is 20.9 Å². The van der Waals surface area contributed by atoms with E-state index in [1.165, 1.54) is 17.1 Å². The van der Waals surface area contributed by atoms with Crippen LogP contribution in [0, 0.1) is 5.82 Å². The van der Waals surface area contributed by atoms with E-state index >= 15 is 0 Å². The second kappa shape index (κ2) is 13.9. The SMILES string of the molecule is COC(C)C.O=CCNP(OCC1(C(F)F)CC(F)(F)C(n2cc(F)c(=O)[nH]c2=O)O1)Oc1ccccc1. The van der Waals surface area contributed by atoms with Gasteiger partial charge in [0.05, 0.1) is 31.9 Å². The number of nitrogens with zero attached hydrogens (tertiary/aromatic N) is 1. The van der Waals surface area contributed by atoms with E-state index < -0.39 is 62.8 Å². The van der Waals surface area contributed by atoms with Gasteiger partial charge in [-0.1, -0.05) is 18.2 Å². The number of rotatable bonds is 11. The second-order valence-electron chi connectivity index (χ2n) is 8.17. The normalized spacial score (nSPS) is 21.2. The zero-order valence-electron chi connectivity index (χ0n) is 20.5. The average Bonchev–Trinajstić information content (AvgIpc) is 3.15. The molecule has 1 aromatic heterocycles. The summed E-state index contributed by atoms with van der Waals surface area (Å²) in [7, 11) is -0.547. The standard InChI is InChI=1S/C18H17F5N3O6P.C4H10O/c19-12-8-26(16(29)25-13(12)28)15-18(22,23)9-17(31-15,14(20)21)10-30-33(24-6-7-27)32-11-4-2-1-3-5-11;1-4(2)5-3/h1-5,7-8,14-15,24H,6,9-10H2,(H,25,28,29);4H,1-3H3. The van der Waals surface area contributed by atoms with Gasteiger partial charge in [-0.15, -0.1) is 0 Å². The van der Waals surface area contributed by atoms with E-state index in [-0.39, 0.29) is 23.1 Å². The number of H-pyrrole nitrogens is 1. The first-order chi connectivity index (χ1) is 17.8. The number of carbonyl (C=O) groups excluding carboxylic acids is 1. The second-order valence-corrected chi connectivity index (χ2v) is 9.44. The summed E-state index contributed by atoms with van der Waals surface area (Å²) in [6, 6.07) is 7.91. The van der Waals surface area contributed by atoms with Crippen LogP contribution >= 0.6 is 8.53 Å². The Morgan fingerprint density at radius 1 is 1.26 bits per heavy atom. The molecule has 10 nitrogen and oxygen atoms in total. The number of hydrogen-bond acceptors (Lipinski definition) is 8. The molecular formula is C22H27F5N3O7P. The van der Waals surface area contributed by atoms with Gasteiger partial charge < -0.3 is 23.3 Å². The lowest BCUT2D eigenvalue weighted by atomic mass is 10.00. The van der Waals surface area contributed by atoms with Crippen molar-refractivity contribution in [3.8, 4) is 5.75 Å². The molecule has 1 aliphatic heterocycles. The van der Waals surface area contributed by atoms with Crippen LogP contribution in [-0.2, 0) is 18.8 Å². The van der Waals surface area contributed by atoms with E-state index in [9.17, 15) is 36.3 Å². The summed E-state index contributed by atoms with van der Waals surface area (Å²) in [6.07, 6.45) is -6.76. The van der Waals surface area contributed by atoms with Crippen LogP contribution in [0.5, 0.6) is 5.75 Å². The van der Waals surface area contributed by atoms with Gasteiger partial charge >= 0.3 is 14.2 Å². The third kappa shape index (κ3) is 8.40. The Kier molecular flexibility index (Phi) is 11.5. The zero-order chi connectivity index (χ0) is 28.5. The van der Waals surface area contributed by atoms with Crippen molar-refractivity contribution in [2.45, 2.75) is 50.5 Å². The molecule has 1 aliphatic rings. The van der Waals surface area contributed by atoms with Gasteiger partial charge in [0.1, 0.15) is 12.0 Å². The Labute approximate surface area is 215 Å². The van der Waals surface area contributed by atoms with Gasteiger partial charge in [0.25, 0.3) is 17.9 Å². The fourth-order valence-electron chi connectivity index (χ4n) is 2.97. The molecule has 0 bridgehead atoms. The summed E-state index contributed by atoms with van der Waals surface area (Å²) in [4.78, 5) is 35.2. The number of carbonyl (C=O) groups is 1. The summed E-state index contributed by atoms with van der Waals surface area (Å²) in [5.41, 5.74) is -5.85. The van der Waals surface area contributed by atoms with Crippen molar-refractivity contribution in [1.82, 2.24) is 14.6 Å². The number of aromatic amines is 1. The molecule has 1 fully saturated rings. The minimum atomic E-state index is -4.06. The molecule has 3 atom stereocenters. The van der Waals surface area contributed by atoms with Gasteiger partial charge in [0.15, 0.2) is 5.60 Å². The van der Waals surface area contributed by atoms with E-state index in [1.54, 1.807) is 25.3 Å². The van der Waals surface area contributed by atoms with Crippen molar-refractivity contribution < 1.29 is 45.3 Å². The summed E-state index contributed by atoms with van der Waals surface area (Å²) >= 11 is 0. The Hall–Kier alpha value is -2.71. The summed E-state index contributed by atoms with van der Waals surface area (Å²) in [6.45, 7) is 2.59. The number of para-hydroxylation sites is 1. The third-order valence-electron chi connectivity index (χ3n) is 4.95. The maximum absolute atomic E-state index is 14.7. The largest absolute Gasteiger partial charge is 0.436 e. The lowest BCUT2D eigenvalue weighted by Crippen LogP contribution is -2.43. The molecule has 0 radical (unpaired) electrons. The summed E-state index contributed by atoms with van der Waals surface area (Å²) in [5.74, 6) is -5.40. The van der Waals surface area contributed by atoms with Crippen molar-refractivity contribution >= 4 is 14.8 Å². The first-order valence-corrected chi connectivity index (χ1v) is 12.2. The fraction of sp³-hybridized carbons (Fsp3) is 0.500. The Morgan fingerprint density at radius 3 is 2.45 bits per heavy atom. The Morgan fingerprint density at radius 2 is 1.89 bits per heavy atom. The minimum Gasteiger partial charge on any atom is -0.436 e. The highest BCUT2D eigenvalue weighted by molar-refractivity contribution is 7.45. The van der Waals surface area contributed by atoms with Crippen LogP contribution in [0.15, 0.2) is 46.1 Å². The molecule has 16 heteroatoms.